The van der Waals surface area contributed by atoms with Gasteiger partial charge in [-0.3, -0.25) is 0 Å². The first-order valence-electron chi connectivity index (χ1n) is 6.79. The molecule has 2 rings (SSSR count). The molecular weight excluding hydrogens is 237 g/mol. The van der Waals surface area contributed by atoms with Crippen LogP contribution in [0, 0.1) is 5.82 Å². The summed E-state index contributed by atoms with van der Waals surface area (Å²) in [6, 6.07) is 17.3. The monoisotopic (exact) mass is 257 g/mol. The highest BCUT2D eigenvalue weighted by molar-refractivity contribution is 5.23. The standard InChI is InChI=1S/C17H20FN/c18-17-9-5-4-8-16(17)15(12-13-19)11-10-14-6-2-1-3-7-14/h1-9,15H,10-13,19H2. The lowest BCUT2D eigenvalue weighted by atomic mass is 9.89. The lowest BCUT2D eigenvalue weighted by Crippen LogP contribution is -2.10. The third-order valence-electron chi connectivity index (χ3n) is 3.48. The van der Waals surface area contributed by atoms with Crippen molar-refractivity contribution in [2.24, 2.45) is 5.73 Å². The van der Waals surface area contributed by atoms with E-state index in [1.165, 1.54) is 11.6 Å². The van der Waals surface area contributed by atoms with Gasteiger partial charge >= 0.3 is 0 Å². The highest BCUT2D eigenvalue weighted by atomic mass is 19.1. The normalized spacial score (nSPS) is 12.3. The fourth-order valence-corrected chi connectivity index (χ4v) is 2.45. The van der Waals surface area contributed by atoms with Gasteiger partial charge in [-0.1, -0.05) is 48.5 Å². The number of aryl methyl sites for hydroxylation is 1. The minimum atomic E-state index is -0.117. The number of benzene rings is 2. The number of rotatable bonds is 6. The molecule has 1 nitrogen and oxygen atoms in total. The molecule has 1 unspecified atom stereocenters. The van der Waals surface area contributed by atoms with Crippen LogP contribution in [0.25, 0.3) is 0 Å². The smallest absolute Gasteiger partial charge is 0.126 e. The van der Waals surface area contributed by atoms with Crippen molar-refractivity contribution >= 4 is 0 Å². The van der Waals surface area contributed by atoms with Crippen molar-refractivity contribution in [1.82, 2.24) is 0 Å². The molecule has 0 aromatic heterocycles. The molecule has 2 aromatic carbocycles. The molecule has 0 aliphatic heterocycles. The van der Waals surface area contributed by atoms with Gasteiger partial charge < -0.3 is 5.73 Å². The number of nitrogens with two attached hydrogens (primary N) is 1. The van der Waals surface area contributed by atoms with Crippen molar-refractivity contribution in [1.29, 1.82) is 0 Å². The summed E-state index contributed by atoms with van der Waals surface area (Å²) in [4.78, 5) is 0. The molecular formula is C17H20FN. The Morgan fingerprint density at radius 2 is 1.58 bits per heavy atom. The van der Waals surface area contributed by atoms with Crippen LogP contribution in [-0.2, 0) is 6.42 Å². The molecule has 0 fully saturated rings. The topological polar surface area (TPSA) is 26.0 Å². The van der Waals surface area contributed by atoms with Gasteiger partial charge in [0, 0.05) is 0 Å². The zero-order chi connectivity index (χ0) is 13.5. The minimum absolute atomic E-state index is 0.117. The summed E-state index contributed by atoms with van der Waals surface area (Å²) in [7, 11) is 0. The molecule has 0 heterocycles. The van der Waals surface area contributed by atoms with Gasteiger partial charge in [-0.05, 0) is 48.9 Å². The second-order valence-electron chi connectivity index (χ2n) is 4.82. The van der Waals surface area contributed by atoms with Crippen LogP contribution < -0.4 is 5.73 Å². The van der Waals surface area contributed by atoms with Crippen LogP contribution in [0.5, 0.6) is 0 Å². The maximum absolute atomic E-state index is 13.8. The van der Waals surface area contributed by atoms with Crippen LogP contribution in [0.4, 0.5) is 4.39 Å². The van der Waals surface area contributed by atoms with E-state index in [-0.39, 0.29) is 11.7 Å². The highest BCUT2D eigenvalue weighted by Crippen LogP contribution is 2.26. The van der Waals surface area contributed by atoms with Gasteiger partial charge in [0.15, 0.2) is 0 Å². The molecule has 1 atom stereocenters. The van der Waals surface area contributed by atoms with E-state index in [0.717, 1.165) is 24.8 Å². The van der Waals surface area contributed by atoms with E-state index in [1.54, 1.807) is 6.07 Å². The second-order valence-corrected chi connectivity index (χ2v) is 4.82. The Bertz CT molecular complexity index is 496. The lowest BCUT2D eigenvalue weighted by molar-refractivity contribution is 0.533. The quantitative estimate of drug-likeness (QED) is 0.834. The predicted octanol–water partition coefficient (Wildman–Crippen LogP) is 3.89. The number of hydrogen-bond acceptors (Lipinski definition) is 1. The van der Waals surface area contributed by atoms with Crippen molar-refractivity contribution in [3.05, 3.63) is 71.5 Å². The van der Waals surface area contributed by atoms with Crippen molar-refractivity contribution in [3.63, 3.8) is 0 Å². The lowest BCUT2D eigenvalue weighted by Gasteiger charge is -2.17. The fraction of sp³-hybridized carbons (Fsp3) is 0.294. The number of halogens is 1. The first-order chi connectivity index (χ1) is 9.31. The SMILES string of the molecule is NCCC(CCc1ccccc1)c1ccccc1F. The van der Waals surface area contributed by atoms with E-state index in [0.29, 0.717) is 6.54 Å². The van der Waals surface area contributed by atoms with E-state index in [2.05, 4.69) is 12.1 Å². The van der Waals surface area contributed by atoms with Crippen LogP contribution in [0.3, 0.4) is 0 Å². The number of hydrogen-bond donors (Lipinski definition) is 1. The van der Waals surface area contributed by atoms with Gasteiger partial charge in [0.1, 0.15) is 5.82 Å². The zero-order valence-corrected chi connectivity index (χ0v) is 11.1. The summed E-state index contributed by atoms with van der Waals surface area (Å²) in [5, 5.41) is 0. The largest absolute Gasteiger partial charge is 0.330 e. The molecule has 100 valence electrons. The van der Waals surface area contributed by atoms with Gasteiger partial charge in [-0.25, -0.2) is 4.39 Å². The Hall–Kier alpha value is -1.67. The van der Waals surface area contributed by atoms with Crippen LogP contribution in [0.2, 0.25) is 0 Å². The van der Waals surface area contributed by atoms with E-state index >= 15 is 0 Å². The van der Waals surface area contributed by atoms with Crippen molar-refractivity contribution in [2.75, 3.05) is 6.54 Å². The van der Waals surface area contributed by atoms with Gasteiger partial charge in [0.25, 0.3) is 0 Å². The average Bonchev–Trinajstić information content (AvgIpc) is 2.45. The summed E-state index contributed by atoms with van der Waals surface area (Å²) >= 11 is 0. The van der Waals surface area contributed by atoms with E-state index < -0.39 is 0 Å². The summed E-state index contributed by atoms with van der Waals surface area (Å²) in [6.45, 7) is 0.591. The Morgan fingerprint density at radius 1 is 0.895 bits per heavy atom. The molecule has 0 spiro atoms. The molecule has 2 N–H and O–H groups in total. The van der Waals surface area contributed by atoms with Gasteiger partial charge in [0.2, 0.25) is 0 Å². The molecule has 0 radical (unpaired) electrons. The molecule has 0 saturated carbocycles. The van der Waals surface area contributed by atoms with E-state index in [1.807, 2.05) is 30.3 Å². The highest BCUT2D eigenvalue weighted by Gasteiger charge is 2.14. The molecule has 0 saturated heterocycles. The summed E-state index contributed by atoms with van der Waals surface area (Å²) in [5.41, 5.74) is 7.75. The van der Waals surface area contributed by atoms with Crippen LogP contribution in [0.1, 0.15) is 29.9 Å². The van der Waals surface area contributed by atoms with E-state index in [9.17, 15) is 4.39 Å². The van der Waals surface area contributed by atoms with E-state index in [4.69, 9.17) is 5.73 Å². The van der Waals surface area contributed by atoms with Crippen LogP contribution in [-0.4, -0.2) is 6.54 Å². The third kappa shape index (κ3) is 3.90. The van der Waals surface area contributed by atoms with Gasteiger partial charge in [0.05, 0.1) is 0 Å². The predicted molar refractivity (Wildman–Crippen MR) is 77.6 cm³/mol. The molecule has 0 bridgehead atoms. The van der Waals surface area contributed by atoms with Gasteiger partial charge in [-0.15, -0.1) is 0 Å². The summed E-state index contributed by atoms with van der Waals surface area (Å²) in [5.74, 6) is 0.0837. The first-order valence-corrected chi connectivity index (χ1v) is 6.79. The molecule has 0 aliphatic carbocycles. The van der Waals surface area contributed by atoms with Crippen LogP contribution in [0.15, 0.2) is 54.6 Å². The van der Waals surface area contributed by atoms with Crippen LogP contribution >= 0.6 is 0 Å². The zero-order valence-electron chi connectivity index (χ0n) is 11.1. The minimum Gasteiger partial charge on any atom is -0.330 e. The molecule has 0 amide bonds. The maximum Gasteiger partial charge on any atom is 0.126 e. The Balaban J connectivity index is 2.07. The molecule has 2 heteroatoms. The summed E-state index contributed by atoms with van der Waals surface area (Å²) in [6.07, 6.45) is 2.72. The second kappa shape index (κ2) is 7.05. The molecule has 2 aromatic rings. The first kappa shape index (κ1) is 13.8. The van der Waals surface area contributed by atoms with Gasteiger partial charge in [-0.2, -0.15) is 0 Å². The Kier molecular flexibility index (Phi) is 5.10. The fourth-order valence-electron chi connectivity index (χ4n) is 2.45. The molecule has 19 heavy (non-hydrogen) atoms. The Morgan fingerprint density at radius 3 is 2.26 bits per heavy atom. The average molecular weight is 257 g/mol. The van der Waals surface area contributed by atoms with Crippen molar-refractivity contribution in [2.45, 2.75) is 25.2 Å². The maximum atomic E-state index is 13.8. The third-order valence-corrected chi connectivity index (χ3v) is 3.48. The Labute approximate surface area is 114 Å². The summed E-state index contributed by atoms with van der Waals surface area (Å²) < 4.78 is 13.8. The molecule has 0 aliphatic rings. The van der Waals surface area contributed by atoms with Crippen molar-refractivity contribution in [3.8, 4) is 0 Å². The van der Waals surface area contributed by atoms with Crippen molar-refractivity contribution < 1.29 is 4.39 Å².